The highest BCUT2D eigenvalue weighted by Gasteiger charge is 2.07. The molecule has 0 aliphatic rings. The second-order valence-corrected chi connectivity index (χ2v) is 4.63. The zero-order valence-corrected chi connectivity index (χ0v) is 11.9. The van der Waals surface area contributed by atoms with Gasteiger partial charge in [-0.15, -0.1) is 0 Å². The van der Waals surface area contributed by atoms with E-state index in [1.807, 2.05) is 24.3 Å². The molecule has 0 aliphatic heterocycles. The van der Waals surface area contributed by atoms with Crippen molar-refractivity contribution >= 4 is 28.3 Å². The fourth-order valence-electron chi connectivity index (χ4n) is 1.85. The van der Waals surface area contributed by atoms with E-state index in [4.69, 9.17) is 21.1 Å². The van der Waals surface area contributed by atoms with E-state index in [-0.39, 0.29) is 12.5 Å². The average Bonchev–Trinajstić information content (AvgIpc) is 2.47. The second-order valence-electron chi connectivity index (χ2n) is 4.22. The van der Waals surface area contributed by atoms with Gasteiger partial charge in [-0.3, -0.25) is 4.79 Å². The Bertz CT molecular complexity index is 601. The first-order valence-electron chi connectivity index (χ1n) is 6.28. The summed E-state index contributed by atoms with van der Waals surface area (Å²) < 4.78 is 10.4. The molecule has 1 amide bonds. The minimum atomic E-state index is -0.180. The van der Waals surface area contributed by atoms with Gasteiger partial charge in [0.1, 0.15) is 5.75 Å². The topological polar surface area (TPSA) is 47.6 Å². The maximum Gasteiger partial charge on any atom is 0.258 e. The van der Waals surface area contributed by atoms with E-state index >= 15 is 0 Å². The Morgan fingerprint density at radius 1 is 1.20 bits per heavy atom. The summed E-state index contributed by atoms with van der Waals surface area (Å²) in [5, 5.41) is 5.16. The van der Waals surface area contributed by atoms with Crippen LogP contribution in [0.1, 0.15) is 0 Å². The number of methoxy groups -OCH3 is 1. The Labute approximate surface area is 122 Å². The predicted molar refractivity (Wildman–Crippen MR) is 79.3 cm³/mol. The largest absolute Gasteiger partial charge is 0.483 e. The lowest BCUT2D eigenvalue weighted by molar-refractivity contribution is -0.123. The number of amides is 1. The number of nitrogens with one attached hydrogen (secondary N) is 1. The van der Waals surface area contributed by atoms with Gasteiger partial charge in [0.15, 0.2) is 6.61 Å². The Morgan fingerprint density at radius 3 is 2.70 bits per heavy atom. The number of rotatable bonds is 6. The zero-order chi connectivity index (χ0) is 14.4. The normalized spacial score (nSPS) is 10.5. The Hall–Kier alpha value is -1.78. The van der Waals surface area contributed by atoms with E-state index < -0.39 is 0 Å². The third kappa shape index (κ3) is 3.62. The van der Waals surface area contributed by atoms with E-state index in [2.05, 4.69) is 5.32 Å². The van der Waals surface area contributed by atoms with Crippen molar-refractivity contribution in [2.45, 2.75) is 0 Å². The van der Waals surface area contributed by atoms with Gasteiger partial charge in [0, 0.05) is 29.4 Å². The molecule has 0 spiro atoms. The molecule has 4 nitrogen and oxygen atoms in total. The van der Waals surface area contributed by atoms with Crippen molar-refractivity contribution in [1.82, 2.24) is 5.32 Å². The molecule has 0 radical (unpaired) electrons. The lowest BCUT2D eigenvalue weighted by Crippen LogP contribution is -2.31. The molecule has 0 saturated carbocycles. The molecule has 2 aromatic rings. The Kier molecular flexibility index (Phi) is 5.21. The summed E-state index contributed by atoms with van der Waals surface area (Å²) in [6.45, 7) is 0.922. The second kappa shape index (κ2) is 7.12. The zero-order valence-electron chi connectivity index (χ0n) is 11.2. The van der Waals surface area contributed by atoms with Gasteiger partial charge in [-0.2, -0.15) is 0 Å². The summed E-state index contributed by atoms with van der Waals surface area (Å²) in [6, 6.07) is 11.2. The SMILES string of the molecule is COCCNC(=O)COc1ccc(Cl)c2ccccc12. The van der Waals surface area contributed by atoms with Gasteiger partial charge in [-0.05, 0) is 12.1 Å². The van der Waals surface area contributed by atoms with Gasteiger partial charge in [-0.25, -0.2) is 0 Å². The molecule has 0 unspecified atom stereocenters. The summed E-state index contributed by atoms with van der Waals surface area (Å²) in [7, 11) is 1.59. The fourth-order valence-corrected chi connectivity index (χ4v) is 2.08. The summed E-state index contributed by atoms with van der Waals surface area (Å²) in [5.74, 6) is 0.466. The number of fused-ring (bicyclic) bond motifs is 1. The molecular weight excluding hydrogens is 278 g/mol. The van der Waals surface area contributed by atoms with Crippen LogP contribution in [0, 0.1) is 0 Å². The van der Waals surface area contributed by atoms with Crippen LogP contribution in [-0.2, 0) is 9.53 Å². The van der Waals surface area contributed by atoms with Crippen molar-refractivity contribution in [2.24, 2.45) is 0 Å². The number of benzene rings is 2. The molecule has 0 atom stereocenters. The van der Waals surface area contributed by atoms with Crippen molar-refractivity contribution in [3.63, 3.8) is 0 Å². The number of hydrogen-bond acceptors (Lipinski definition) is 3. The molecule has 5 heteroatoms. The molecular formula is C15H16ClNO3. The van der Waals surface area contributed by atoms with Gasteiger partial charge in [0.25, 0.3) is 5.91 Å². The highest BCUT2D eigenvalue weighted by atomic mass is 35.5. The van der Waals surface area contributed by atoms with Crippen LogP contribution in [0.3, 0.4) is 0 Å². The first kappa shape index (κ1) is 14.6. The summed E-state index contributed by atoms with van der Waals surface area (Å²) in [5.41, 5.74) is 0. The maximum atomic E-state index is 11.6. The minimum absolute atomic E-state index is 0.0324. The molecule has 0 saturated heterocycles. The maximum absolute atomic E-state index is 11.6. The fraction of sp³-hybridized carbons (Fsp3) is 0.267. The van der Waals surface area contributed by atoms with Crippen molar-refractivity contribution in [1.29, 1.82) is 0 Å². The molecule has 0 heterocycles. The number of carbonyl (C=O) groups excluding carboxylic acids is 1. The summed E-state index contributed by atoms with van der Waals surface area (Å²) in [6.07, 6.45) is 0. The monoisotopic (exact) mass is 293 g/mol. The van der Waals surface area contributed by atoms with Crippen LogP contribution < -0.4 is 10.1 Å². The number of hydrogen-bond donors (Lipinski definition) is 1. The van der Waals surface area contributed by atoms with Crippen LogP contribution in [0.25, 0.3) is 10.8 Å². The summed E-state index contributed by atoms with van der Waals surface area (Å²) >= 11 is 6.13. The first-order valence-corrected chi connectivity index (χ1v) is 6.66. The number of carbonyl (C=O) groups is 1. The molecule has 2 aromatic carbocycles. The highest BCUT2D eigenvalue weighted by molar-refractivity contribution is 6.35. The van der Waals surface area contributed by atoms with Crippen molar-refractivity contribution in [2.75, 3.05) is 26.9 Å². The molecule has 0 bridgehead atoms. The predicted octanol–water partition coefficient (Wildman–Crippen LogP) is 2.63. The number of halogens is 1. The Balaban J connectivity index is 2.03. The molecule has 0 aromatic heterocycles. The van der Waals surface area contributed by atoms with Gasteiger partial charge in [-0.1, -0.05) is 35.9 Å². The van der Waals surface area contributed by atoms with Crippen molar-refractivity contribution in [3.05, 3.63) is 41.4 Å². The van der Waals surface area contributed by atoms with Crippen LogP contribution >= 0.6 is 11.6 Å². The molecule has 0 fully saturated rings. The van der Waals surface area contributed by atoms with E-state index in [0.29, 0.717) is 23.9 Å². The molecule has 2 rings (SSSR count). The smallest absolute Gasteiger partial charge is 0.258 e. The molecule has 20 heavy (non-hydrogen) atoms. The standard InChI is InChI=1S/C15H16ClNO3/c1-19-9-8-17-15(18)10-20-14-7-6-13(16)11-4-2-3-5-12(11)14/h2-7H,8-10H2,1H3,(H,17,18). The molecule has 1 N–H and O–H groups in total. The summed E-state index contributed by atoms with van der Waals surface area (Å²) in [4.78, 5) is 11.6. The van der Waals surface area contributed by atoms with E-state index in [9.17, 15) is 4.79 Å². The quantitative estimate of drug-likeness (QED) is 0.833. The highest BCUT2D eigenvalue weighted by Crippen LogP contribution is 2.31. The van der Waals surface area contributed by atoms with Gasteiger partial charge in [0.2, 0.25) is 0 Å². The van der Waals surface area contributed by atoms with E-state index in [1.54, 1.807) is 19.2 Å². The minimum Gasteiger partial charge on any atom is -0.483 e. The molecule has 106 valence electrons. The van der Waals surface area contributed by atoms with Crippen LogP contribution in [0.2, 0.25) is 5.02 Å². The van der Waals surface area contributed by atoms with Crippen molar-refractivity contribution in [3.8, 4) is 5.75 Å². The van der Waals surface area contributed by atoms with Crippen LogP contribution in [0.5, 0.6) is 5.75 Å². The van der Waals surface area contributed by atoms with Crippen molar-refractivity contribution < 1.29 is 14.3 Å². The lowest BCUT2D eigenvalue weighted by Gasteiger charge is -2.10. The third-order valence-corrected chi connectivity index (χ3v) is 3.15. The number of ether oxygens (including phenoxy) is 2. The van der Waals surface area contributed by atoms with E-state index in [1.165, 1.54) is 0 Å². The van der Waals surface area contributed by atoms with Crippen LogP contribution in [0.4, 0.5) is 0 Å². The first-order chi connectivity index (χ1) is 9.72. The average molecular weight is 294 g/mol. The lowest BCUT2D eigenvalue weighted by atomic mass is 10.1. The Morgan fingerprint density at radius 2 is 1.95 bits per heavy atom. The van der Waals surface area contributed by atoms with Crippen LogP contribution in [0.15, 0.2) is 36.4 Å². The molecule has 0 aliphatic carbocycles. The van der Waals surface area contributed by atoms with Crippen LogP contribution in [-0.4, -0.2) is 32.8 Å². The van der Waals surface area contributed by atoms with Gasteiger partial charge in [0.05, 0.1) is 6.61 Å². The van der Waals surface area contributed by atoms with Gasteiger partial charge >= 0.3 is 0 Å². The third-order valence-electron chi connectivity index (χ3n) is 2.82. The van der Waals surface area contributed by atoms with E-state index in [0.717, 1.165) is 10.8 Å². The van der Waals surface area contributed by atoms with Gasteiger partial charge < -0.3 is 14.8 Å².